The number of fused-ring (bicyclic) bond motifs is 1. The van der Waals surface area contributed by atoms with E-state index in [-0.39, 0.29) is 24.5 Å². The number of esters is 1. The molecule has 0 radical (unpaired) electrons. The molecule has 0 aliphatic rings. The van der Waals surface area contributed by atoms with Crippen LogP contribution in [0.3, 0.4) is 0 Å². The van der Waals surface area contributed by atoms with Crippen molar-refractivity contribution in [1.29, 1.82) is 0 Å². The highest BCUT2D eigenvalue weighted by Gasteiger charge is 2.20. The first-order valence-electron chi connectivity index (χ1n) is 10.5. The molecule has 0 amide bonds. The van der Waals surface area contributed by atoms with Gasteiger partial charge in [-0.3, -0.25) is 4.79 Å². The number of ether oxygens (including phenoxy) is 2. The number of aliphatic hydroxyl groups excluding tert-OH is 1. The molecule has 0 aliphatic carbocycles. The molecule has 5 heteroatoms. The number of β-amino-alcohol motifs (C(OH)–C–C–N with tert-alkyl or cyclic N) is 1. The summed E-state index contributed by atoms with van der Waals surface area (Å²) >= 11 is 0. The fourth-order valence-corrected chi connectivity index (χ4v) is 3.58. The second-order valence-corrected chi connectivity index (χ2v) is 8.45. The average molecular weight is 422 g/mol. The molecular weight excluding hydrogens is 390 g/mol. The van der Waals surface area contributed by atoms with Crippen LogP contribution < -0.4 is 10.1 Å². The Bertz CT molecular complexity index is 1010. The quantitative estimate of drug-likeness (QED) is 0.486. The van der Waals surface area contributed by atoms with E-state index < -0.39 is 6.10 Å². The van der Waals surface area contributed by atoms with E-state index in [1.165, 1.54) is 23.4 Å². The maximum atomic E-state index is 11.6. The maximum Gasteiger partial charge on any atom is 0.310 e. The largest absolute Gasteiger partial charge is 0.491 e. The van der Waals surface area contributed by atoms with Crippen LogP contribution in [-0.4, -0.2) is 43.0 Å². The maximum absolute atomic E-state index is 11.6. The van der Waals surface area contributed by atoms with Crippen LogP contribution in [0.4, 0.5) is 0 Å². The summed E-state index contributed by atoms with van der Waals surface area (Å²) in [5.41, 5.74) is 1.80. The third-order valence-corrected chi connectivity index (χ3v) is 5.24. The summed E-state index contributed by atoms with van der Waals surface area (Å²) in [5, 5.41) is 16.3. The number of nitrogens with one attached hydrogen (secondary N) is 1. The van der Waals surface area contributed by atoms with E-state index in [2.05, 4.69) is 55.6 Å². The van der Waals surface area contributed by atoms with E-state index in [1.54, 1.807) is 6.07 Å². The minimum absolute atomic E-state index is 0.136. The van der Waals surface area contributed by atoms with Crippen LogP contribution in [0.25, 0.3) is 10.8 Å². The molecule has 0 spiro atoms. The molecule has 0 heterocycles. The predicted molar refractivity (Wildman–Crippen MR) is 123 cm³/mol. The normalized spacial score (nSPS) is 12.5. The molecule has 31 heavy (non-hydrogen) atoms. The highest BCUT2D eigenvalue weighted by Crippen LogP contribution is 2.21. The molecule has 0 aromatic heterocycles. The molecule has 2 N–H and O–H groups in total. The first-order chi connectivity index (χ1) is 14.9. The standard InChI is InChI=1S/C26H31NO4/c1-26(2,16-19-12-13-20-8-4-5-9-21(20)14-19)27-17-23(28)18-31-24-11-7-6-10-22(24)15-25(29)30-3/h4-14,23,27-28H,15-18H2,1-3H3. The predicted octanol–water partition coefficient (Wildman–Crippen LogP) is 3.91. The van der Waals surface area contributed by atoms with Crippen molar-refractivity contribution in [3.63, 3.8) is 0 Å². The lowest BCUT2D eigenvalue weighted by atomic mass is 9.93. The molecule has 0 saturated carbocycles. The molecule has 1 unspecified atom stereocenters. The number of carbonyl (C=O) groups excluding carboxylic acids is 1. The van der Waals surface area contributed by atoms with Crippen molar-refractivity contribution in [2.75, 3.05) is 20.3 Å². The van der Waals surface area contributed by atoms with Crippen LogP contribution in [0.5, 0.6) is 5.75 Å². The highest BCUT2D eigenvalue weighted by molar-refractivity contribution is 5.83. The summed E-state index contributed by atoms with van der Waals surface area (Å²) in [7, 11) is 1.36. The number of carbonyl (C=O) groups is 1. The Labute approximate surface area is 184 Å². The van der Waals surface area contributed by atoms with Gasteiger partial charge >= 0.3 is 5.97 Å². The molecule has 3 aromatic rings. The van der Waals surface area contributed by atoms with E-state index >= 15 is 0 Å². The van der Waals surface area contributed by atoms with Gasteiger partial charge in [-0.2, -0.15) is 0 Å². The third-order valence-electron chi connectivity index (χ3n) is 5.24. The van der Waals surface area contributed by atoms with Crippen LogP contribution >= 0.6 is 0 Å². The zero-order chi connectivity index (χ0) is 22.3. The summed E-state index contributed by atoms with van der Waals surface area (Å²) in [6.07, 6.45) is 0.301. The van der Waals surface area contributed by atoms with Crippen LogP contribution in [0, 0.1) is 0 Å². The highest BCUT2D eigenvalue weighted by atomic mass is 16.5. The van der Waals surface area contributed by atoms with Crippen LogP contribution in [0.1, 0.15) is 25.0 Å². The number of rotatable bonds is 10. The van der Waals surface area contributed by atoms with Gasteiger partial charge in [0, 0.05) is 17.6 Å². The van der Waals surface area contributed by atoms with Crippen LogP contribution in [-0.2, 0) is 22.4 Å². The number of benzene rings is 3. The van der Waals surface area contributed by atoms with Gasteiger partial charge in [0.25, 0.3) is 0 Å². The topological polar surface area (TPSA) is 67.8 Å². The van der Waals surface area contributed by atoms with Crippen molar-refractivity contribution < 1.29 is 19.4 Å². The summed E-state index contributed by atoms with van der Waals surface area (Å²) in [4.78, 5) is 11.6. The van der Waals surface area contributed by atoms with Crippen LogP contribution in [0.2, 0.25) is 0 Å². The SMILES string of the molecule is COC(=O)Cc1ccccc1OCC(O)CNC(C)(C)Cc1ccc2ccccc2c1. The van der Waals surface area contributed by atoms with E-state index in [9.17, 15) is 9.90 Å². The van der Waals surface area contributed by atoms with Gasteiger partial charge in [-0.25, -0.2) is 0 Å². The second-order valence-electron chi connectivity index (χ2n) is 8.45. The zero-order valence-electron chi connectivity index (χ0n) is 18.4. The molecule has 0 fully saturated rings. The molecule has 3 rings (SSSR count). The van der Waals surface area contributed by atoms with Crippen LogP contribution in [0.15, 0.2) is 66.7 Å². The number of methoxy groups -OCH3 is 1. The fraction of sp³-hybridized carbons (Fsp3) is 0.346. The van der Waals surface area contributed by atoms with Crippen molar-refractivity contribution >= 4 is 16.7 Å². The third kappa shape index (κ3) is 6.81. The monoisotopic (exact) mass is 421 g/mol. The van der Waals surface area contributed by atoms with Gasteiger partial charge in [0.15, 0.2) is 0 Å². The molecule has 0 saturated heterocycles. The van der Waals surface area contributed by atoms with Gasteiger partial charge < -0.3 is 19.9 Å². The van der Waals surface area contributed by atoms with Gasteiger partial charge in [0.2, 0.25) is 0 Å². The minimum Gasteiger partial charge on any atom is -0.491 e. The summed E-state index contributed by atoms with van der Waals surface area (Å²) in [6, 6.07) is 22.2. The van der Waals surface area contributed by atoms with Crippen molar-refractivity contribution in [3.8, 4) is 5.75 Å². The first kappa shape index (κ1) is 22.8. The summed E-state index contributed by atoms with van der Waals surface area (Å²) < 4.78 is 10.5. The van der Waals surface area contributed by atoms with Crippen molar-refractivity contribution in [2.45, 2.75) is 38.3 Å². The molecule has 0 bridgehead atoms. The lowest BCUT2D eigenvalue weighted by Gasteiger charge is -2.28. The van der Waals surface area contributed by atoms with E-state index in [4.69, 9.17) is 9.47 Å². The molecule has 5 nitrogen and oxygen atoms in total. The Hall–Kier alpha value is -2.89. The Morgan fingerprint density at radius 1 is 1.03 bits per heavy atom. The molecule has 0 aliphatic heterocycles. The van der Waals surface area contributed by atoms with Crippen molar-refractivity contribution in [3.05, 3.63) is 77.9 Å². The molecule has 1 atom stereocenters. The number of hydrogen-bond donors (Lipinski definition) is 2. The van der Waals surface area contributed by atoms with Gasteiger partial charge in [0.05, 0.1) is 13.5 Å². The molecular formula is C26H31NO4. The number of hydrogen-bond acceptors (Lipinski definition) is 5. The molecule has 3 aromatic carbocycles. The van der Waals surface area contributed by atoms with E-state index in [0.717, 1.165) is 12.0 Å². The summed E-state index contributed by atoms with van der Waals surface area (Å²) in [5.74, 6) is 0.260. The van der Waals surface area contributed by atoms with Gasteiger partial charge in [-0.1, -0.05) is 60.7 Å². The van der Waals surface area contributed by atoms with Crippen molar-refractivity contribution in [2.24, 2.45) is 0 Å². The second kappa shape index (κ2) is 10.4. The Morgan fingerprint density at radius 3 is 2.52 bits per heavy atom. The molecule has 164 valence electrons. The number of aliphatic hydroxyl groups is 1. The smallest absolute Gasteiger partial charge is 0.310 e. The number of para-hydroxylation sites is 1. The fourth-order valence-electron chi connectivity index (χ4n) is 3.58. The minimum atomic E-state index is -0.679. The van der Waals surface area contributed by atoms with E-state index in [0.29, 0.717) is 12.3 Å². The first-order valence-corrected chi connectivity index (χ1v) is 10.5. The average Bonchev–Trinajstić information content (AvgIpc) is 2.76. The lowest BCUT2D eigenvalue weighted by molar-refractivity contribution is -0.139. The van der Waals surface area contributed by atoms with Gasteiger partial charge in [-0.15, -0.1) is 0 Å². The zero-order valence-corrected chi connectivity index (χ0v) is 18.4. The van der Waals surface area contributed by atoms with E-state index in [1.807, 2.05) is 24.3 Å². The Kier molecular flexibility index (Phi) is 7.66. The summed E-state index contributed by atoms with van der Waals surface area (Å²) in [6.45, 7) is 4.79. The van der Waals surface area contributed by atoms with Gasteiger partial charge in [-0.05, 0) is 42.7 Å². The lowest BCUT2D eigenvalue weighted by Crippen LogP contribution is -2.46. The van der Waals surface area contributed by atoms with Crippen molar-refractivity contribution in [1.82, 2.24) is 5.32 Å². The van der Waals surface area contributed by atoms with Gasteiger partial charge in [0.1, 0.15) is 18.5 Å². The Morgan fingerprint density at radius 2 is 1.74 bits per heavy atom. The Balaban J connectivity index is 1.51.